The summed E-state index contributed by atoms with van der Waals surface area (Å²) in [5.41, 5.74) is 12.4. The van der Waals surface area contributed by atoms with E-state index in [0.717, 1.165) is 0 Å². The Morgan fingerprint density at radius 2 is 0.481 bits per heavy atom. The predicted octanol–water partition coefficient (Wildman–Crippen LogP) is 14.6. The molecule has 0 saturated carbocycles. The van der Waals surface area contributed by atoms with Crippen LogP contribution in [0.5, 0.6) is 0 Å². The van der Waals surface area contributed by atoms with Gasteiger partial charge in [-0.25, -0.2) is 0 Å². The van der Waals surface area contributed by atoms with Gasteiger partial charge in [0, 0.05) is 0 Å². The molecule has 0 aliphatic carbocycles. The van der Waals surface area contributed by atoms with Gasteiger partial charge < -0.3 is 0 Å². The first-order valence-electron chi connectivity index (χ1n) is 18.0. The highest BCUT2D eigenvalue weighted by atomic mass is 14.2. The van der Waals surface area contributed by atoms with Gasteiger partial charge in [0.2, 0.25) is 0 Å². The summed E-state index contributed by atoms with van der Waals surface area (Å²) in [5, 5.41) is 10.1. The summed E-state index contributed by atoms with van der Waals surface area (Å²) in [5.74, 6) is 0. The minimum Gasteiger partial charge on any atom is -0.0616 e. The Labute approximate surface area is 303 Å². The molecular formula is C52H34. The van der Waals surface area contributed by atoms with Crippen LogP contribution in [-0.2, 0) is 0 Å². The van der Waals surface area contributed by atoms with Crippen LogP contribution in [0.2, 0.25) is 0 Å². The fourth-order valence-corrected chi connectivity index (χ4v) is 8.21. The summed E-state index contributed by atoms with van der Waals surface area (Å²) in [6.07, 6.45) is 0. The molecule has 0 radical (unpaired) electrons. The molecule has 242 valence electrons. The van der Waals surface area contributed by atoms with Crippen LogP contribution >= 0.6 is 0 Å². The summed E-state index contributed by atoms with van der Waals surface area (Å²) < 4.78 is 0. The quantitative estimate of drug-likeness (QED) is 0.173. The van der Waals surface area contributed by atoms with Gasteiger partial charge >= 0.3 is 0 Å². The molecule has 0 spiro atoms. The van der Waals surface area contributed by atoms with Crippen LogP contribution < -0.4 is 0 Å². The Morgan fingerprint density at radius 1 is 0.173 bits per heavy atom. The number of rotatable bonds is 5. The van der Waals surface area contributed by atoms with Crippen molar-refractivity contribution in [2.45, 2.75) is 0 Å². The van der Waals surface area contributed by atoms with Crippen molar-refractivity contribution in [1.29, 1.82) is 0 Å². The van der Waals surface area contributed by atoms with Crippen LogP contribution in [0.25, 0.3) is 98.7 Å². The zero-order valence-electron chi connectivity index (χ0n) is 28.6. The highest BCUT2D eigenvalue weighted by Gasteiger charge is 2.15. The van der Waals surface area contributed by atoms with Crippen molar-refractivity contribution in [2.75, 3.05) is 0 Å². The van der Waals surface area contributed by atoms with E-state index >= 15 is 0 Å². The molecule has 0 aromatic heterocycles. The Bertz CT molecular complexity index is 2940. The molecule has 0 heterocycles. The van der Waals surface area contributed by atoms with Gasteiger partial charge in [0.1, 0.15) is 0 Å². The van der Waals surface area contributed by atoms with Gasteiger partial charge in [0.15, 0.2) is 0 Å². The number of benzene rings is 10. The molecule has 0 bridgehead atoms. The second-order valence-corrected chi connectivity index (χ2v) is 13.6. The Balaban J connectivity index is 1.06. The average Bonchev–Trinajstić information content (AvgIpc) is 3.22. The average molecular weight is 659 g/mol. The van der Waals surface area contributed by atoms with Crippen LogP contribution in [0.1, 0.15) is 0 Å². The summed E-state index contributed by atoms with van der Waals surface area (Å²) in [4.78, 5) is 0. The van der Waals surface area contributed by atoms with E-state index in [-0.39, 0.29) is 0 Å². The third kappa shape index (κ3) is 5.08. The number of hydrogen-bond acceptors (Lipinski definition) is 0. The molecule has 10 aromatic carbocycles. The molecule has 52 heavy (non-hydrogen) atoms. The SMILES string of the molecule is c1cc(-c2cccc3ccccc23)cc(-c2ccc(-c3ccc(-c4ccc(-c5cccc6ccccc56)cc4)c4ccccc34)c3ccccc23)c1. The minimum atomic E-state index is 1.22. The predicted molar refractivity (Wildman–Crippen MR) is 224 cm³/mol. The molecule has 0 atom stereocenters. The first kappa shape index (κ1) is 30.1. The van der Waals surface area contributed by atoms with E-state index in [4.69, 9.17) is 0 Å². The van der Waals surface area contributed by atoms with Gasteiger partial charge in [-0.15, -0.1) is 0 Å². The largest absolute Gasteiger partial charge is 0.0616 e. The molecule has 0 aliphatic rings. The van der Waals surface area contributed by atoms with E-state index in [1.807, 2.05) is 0 Å². The molecule has 10 rings (SSSR count). The fraction of sp³-hybridized carbons (Fsp3) is 0. The third-order valence-electron chi connectivity index (χ3n) is 10.7. The Hall–Kier alpha value is -6.76. The van der Waals surface area contributed by atoms with Crippen molar-refractivity contribution in [3.8, 4) is 55.6 Å². The van der Waals surface area contributed by atoms with Gasteiger partial charge in [-0.1, -0.05) is 200 Å². The van der Waals surface area contributed by atoms with Crippen LogP contribution in [0, 0.1) is 0 Å². The molecule has 0 amide bonds. The third-order valence-corrected chi connectivity index (χ3v) is 10.7. The van der Waals surface area contributed by atoms with Crippen LogP contribution in [0.15, 0.2) is 206 Å². The van der Waals surface area contributed by atoms with Crippen LogP contribution in [0.4, 0.5) is 0 Å². The van der Waals surface area contributed by atoms with E-state index in [2.05, 4.69) is 206 Å². The second kappa shape index (κ2) is 12.5. The molecular weight excluding hydrogens is 625 g/mol. The van der Waals surface area contributed by atoms with Gasteiger partial charge in [-0.2, -0.15) is 0 Å². The maximum Gasteiger partial charge on any atom is -0.00987 e. The highest BCUT2D eigenvalue weighted by molar-refractivity contribution is 6.12. The summed E-state index contributed by atoms with van der Waals surface area (Å²) in [6, 6.07) is 75.5. The molecule has 10 aromatic rings. The molecule has 0 unspecified atom stereocenters. The smallest absolute Gasteiger partial charge is 0.00987 e. The second-order valence-electron chi connectivity index (χ2n) is 13.6. The van der Waals surface area contributed by atoms with Crippen molar-refractivity contribution in [2.24, 2.45) is 0 Å². The van der Waals surface area contributed by atoms with Crippen molar-refractivity contribution >= 4 is 43.1 Å². The van der Waals surface area contributed by atoms with Crippen LogP contribution in [-0.4, -0.2) is 0 Å². The molecule has 0 fully saturated rings. The van der Waals surface area contributed by atoms with Crippen molar-refractivity contribution in [3.63, 3.8) is 0 Å². The maximum atomic E-state index is 2.35. The van der Waals surface area contributed by atoms with Gasteiger partial charge in [0.25, 0.3) is 0 Å². The maximum absolute atomic E-state index is 2.35. The van der Waals surface area contributed by atoms with Crippen molar-refractivity contribution < 1.29 is 0 Å². The summed E-state index contributed by atoms with van der Waals surface area (Å²) >= 11 is 0. The van der Waals surface area contributed by atoms with Crippen molar-refractivity contribution in [3.05, 3.63) is 206 Å². The normalized spacial score (nSPS) is 11.5. The first-order chi connectivity index (χ1) is 25.8. The first-order valence-corrected chi connectivity index (χ1v) is 18.0. The van der Waals surface area contributed by atoms with Crippen molar-refractivity contribution in [1.82, 2.24) is 0 Å². The zero-order chi connectivity index (χ0) is 34.4. The molecule has 0 aliphatic heterocycles. The minimum absolute atomic E-state index is 1.22. The van der Waals surface area contributed by atoms with Gasteiger partial charge in [-0.3, -0.25) is 0 Å². The highest BCUT2D eigenvalue weighted by Crippen LogP contribution is 2.42. The molecule has 0 heteroatoms. The standard InChI is InChI=1S/C52H34/c1-3-18-41-35(12-1)14-10-24-43(41)37-26-28-38(29-27-37)45-30-32-51(49-22-7-5-20-47(45)49)52-33-31-46(48-21-6-8-23-50(48)52)40-17-9-16-39(34-40)44-25-11-15-36-13-2-4-19-42(36)44/h1-34H. The lowest BCUT2D eigenvalue weighted by Crippen LogP contribution is -1.90. The topological polar surface area (TPSA) is 0 Å². The molecule has 0 nitrogen and oxygen atoms in total. The Morgan fingerprint density at radius 3 is 0.962 bits per heavy atom. The summed E-state index contributed by atoms with van der Waals surface area (Å²) in [6.45, 7) is 0. The monoisotopic (exact) mass is 658 g/mol. The van der Waals surface area contributed by atoms with E-state index in [1.165, 1.54) is 98.7 Å². The van der Waals surface area contributed by atoms with Crippen LogP contribution in [0.3, 0.4) is 0 Å². The number of hydrogen-bond donors (Lipinski definition) is 0. The fourth-order valence-electron chi connectivity index (χ4n) is 8.21. The summed E-state index contributed by atoms with van der Waals surface area (Å²) in [7, 11) is 0. The molecule has 0 N–H and O–H groups in total. The Kier molecular flexibility index (Phi) is 7.25. The van der Waals surface area contributed by atoms with Gasteiger partial charge in [0.05, 0.1) is 0 Å². The zero-order valence-corrected chi connectivity index (χ0v) is 28.6. The van der Waals surface area contributed by atoms with E-state index in [0.29, 0.717) is 0 Å². The van der Waals surface area contributed by atoms with E-state index in [1.54, 1.807) is 0 Å². The van der Waals surface area contributed by atoms with Gasteiger partial charge in [-0.05, 0) is 105 Å². The number of fused-ring (bicyclic) bond motifs is 4. The van der Waals surface area contributed by atoms with E-state index < -0.39 is 0 Å². The lowest BCUT2D eigenvalue weighted by molar-refractivity contribution is 1.61. The lowest BCUT2D eigenvalue weighted by Gasteiger charge is -2.16. The molecule has 0 saturated heterocycles. The lowest BCUT2D eigenvalue weighted by atomic mass is 9.87. The van der Waals surface area contributed by atoms with E-state index in [9.17, 15) is 0 Å².